The summed E-state index contributed by atoms with van der Waals surface area (Å²) in [6, 6.07) is 3.98. The minimum Gasteiger partial charge on any atom is -0.507 e. The first-order chi connectivity index (χ1) is 10.0. The Balaban J connectivity index is 1.74. The van der Waals surface area contributed by atoms with Crippen LogP contribution in [-0.2, 0) is 6.42 Å². The second-order valence-electron chi connectivity index (χ2n) is 7.52. The van der Waals surface area contributed by atoms with Crippen LogP contribution in [0, 0.1) is 17.3 Å². The van der Waals surface area contributed by atoms with Gasteiger partial charge in [0.15, 0.2) is 0 Å². The fourth-order valence-corrected chi connectivity index (χ4v) is 6.14. The molecule has 1 aromatic rings. The van der Waals surface area contributed by atoms with Gasteiger partial charge in [-0.1, -0.05) is 13.0 Å². The van der Waals surface area contributed by atoms with Crippen LogP contribution in [0.2, 0.25) is 0 Å². The Bertz CT molecular complexity index is 585. The van der Waals surface area contributed by atoms with Gasteiger partial charge in [0, 0.05) is 0 Å². The molecule has 2 nitrogen and oxygen atoms in total. The third kappa shape index (κ3) is 1.86. The molecule has 3 aliphatic carbocycles. The number of hydrogen-bond acceptors (Lipinski definition) is 2. The Morgan fingerprint density at radius 2 is 2.00 bits per heavy atom. The van der Waals surface area contributed by atoms with Crippen molar-refractivity contribution in [3.05, 3.63) is 27.7 Å². The van der Waals surface area contributed by atoms with E-state index in [-0.39, 0.29) is 11.5 Å². The summed E-state index contributed by atoms with van der Waals surface area (Å²) in [4.78, 5) is 0. The molecule has 0 amide bonds. The third-order valence-electron chi connectivity index (χ3n) is 6.77. The van der Waals surface area contributed by atoms with Crippen molar-refractivity contribution in [3.63, 3.8) is 0 Å². The van der Waals surface area contributed by atoms with Crippen molar-refractivity contribution < 1.29 is 10.2 Å². The number of hydrogen-bond donors (Lipinski definition) is 2. The lowest BCUT2D eigenvalue weighted by atomic mass is 9.55. The predicted molar refractivity (Wildman–Crippen MR) is 86.4 cm³/mol. The molecule has 2 fully saturated rings. The van der Waals surface area contributed by atoms with Crippen molar-refractivity contribution in [2.24, 2.45) is 17.3 Å². The fourth-order valence-electron chi connectivity index (χ4n) is 5.58. The first-order valence-corrected chi connectivity index (χ1v) is 9.00. The number of rotatable bonds is 0. The highest BCUT2D eigenvalue weighted by atomic mass is 79.9. The van der Waals surface area contributed by atoms with Gasteiger partial charge in [-0.05, 0) is 94.8 Å². The number of phenols is 1. The topological polar surface area (TPSA) is 40.5 Å². The van der Waals surface area contributed by atoms with E-state index in [1.54, 1.807) is 0 Å². The molecule has 0 aliphatic heterocycles. The molecule has 2 saturated carbocycles. The van der Waals surface area contributed by atoms with Gasteiger partial charge in [0.25, 0.3) is 0 Å². The van der Waals surface area contributed by atoms with Crippen LogP contribution in [0.25, 0.3) is 0 Å². The summed E-state index contributed by atoms with van der Waals surface area (Å²) < 4.78 is 0.901. The number of fused-ring (bicyclic) bond motifs is 5. The van der Waals surface area contributed by atoms with Gasteiger partial charge in [0.1, 0.15) is 5.75 Å². The van der Waals surface area contributed by atoms with Gasteiger partial charge in [0.05, 0.1) is 10.6 Å². The molecule has 0 unspecified atom stereocenters. The lowest BCUT2D eigenvalue weighted by Gasteiger charge is -2.50. The molecule has 2 N–H and O–H groups in total. The normalized spacial score (nSPS) is 41.3. The Kier molecular flexibility index (Phi) is 3.17. The molecule has 4 rings (SSSR count). The number of aliphatic hydroxyl groups excluding tert-OH is 1. The van der Waals surface area contributed by atoms with Crippen molar-refractivity contribution in [2.45, 2.75) is 57.5 Å². The molecule has 5 atom stereocenters. The van der Waals surface area contributed by atoms with Crippen LogP contribution in [0.3, 0.4) is 0 Å². The van der Waals surface area contributed by atoms with Crippen molar-refractivity contribution >= 4 is 15.9 Å². The summed E-state index contributed by atoms with van der Waals surface area (Å²) in [5.74, 6) is 2.37. The summed E-state index contributed by atoms with van der Waals surface area (Å²) in [5, 5.41) is 20.3. The second-order valence-corrected chi connectivity index (χ2v) is 8.31. The molecule has 0 saturated heterocycles. The molecule has 3 aliphatic rings. The van der Waals surface area contributed by atoms with E-state index in [4.69, 9.17) is 0 Å². The lowest BCUT2D eigenvalue weighted by Crippen LogP contribution is -2.43. The maximum absolute atomic E-state index is 10.4. The molecule has 114 valence electrons. The van der Waals surface area contributed by atoms with Crippen LogP contribution in [0.4, 0.5) is 0 Å². The van der Waals surface area contributed by atoms with E-state index in [1.165, 1.54) is 30.4 Å². The maximum atomic E-state index is 10.4. The highest BCUT2D eigenvalue weighted by Crippen LogP contribution is 2.61. The Morgan fingerprint density at radius 1 is 1.19 bits per heavy atom. The zero-order valence-electron chi connectivity index (χ0n) is 12.5. The van der Waals surface area contributed by atoms with Gasteiger partial charge in [-0.3, -0.25) is 0 Å². The van der Waals surface area contributed by atoms with Crippen molar-refractivity contribution in [1.82, 2.24) is 0 Å². The van der Waals surface area contributed by atoms with Crippen LogP contribution in [0.5, 0.6) is 5.75 Å². The quantitative estimate of drug-likeness (QED) is 0.729. The highest BCUT2D eigenvalue weighted by molar-refractivity contribution is 9.10. The Morgan fingerprint density at radius 3 is 2.81 bits per heavy atom. The first-order valence-electron chi connectivity index (χ1n) is 8.20. The summed E-state index contributed by atoms with van der Waals surface area (Å²) in [6.07, 6.45) is 6.64. The molecule has 0 spiro atoms. The standard InChI is InChI=1S/C18H23BrO2/c1-18-9-8-11-10-4-6-15(20)17(19)13(10)3-2-12(11)14(18)5-7-16(18)21/h4,6,11-12,14,16,20-21H,2-3,5,7-9H2,1H3/t11-,12+,14-,16-,18-/m0/s1. The van der Waals surface area contributed by atoms with Crippen LogP contribution in [0.15, 0.2) is 16.6 Å². The lowest BCUT2D eigenvalue weighted by molar-refractivity contribution is -0.0226. The Labute approximate surface area is 134 Å². The molecule has 0 aromatic heterocycles. The highest BCUT2D eigenvalue weighted by Gasteiger charge is 2.54. The van der Waals surface area contributed by atoms with Gasteiger partial charge in [-0.25, -0.2) is 0 Å². The molecular formula is C18H23BrO2. The monoisotopic (exact) mass is 350 g/mol. The maximum Gasteiger partial charge on any atom is 0.130 e. The van der Waals surface area contributed by atoms with E-state index in [2.05, 4.69) is 28.9 Å². The van der Waals surface area contributed by atoms with E-state index >= 15 is 0 Å². The van der Waals surface area contributed by atoms with Gasteiger partial charge in [0.2, 0.25) is 0 Å². The van der Waals surface area contributed by atoms with Crippen LogP contribution in [-0.4, -0.2) is 16.3 Å². The zero-order chi connectivity index (χ0) is 14.8. The Hall–Kier alpha value is -0.540. The van der Waals surface area contributed by atoms with Crippen molar-refractivity contribution in [3.8, 4) is 5.75 Å². The number of aromatic hydroxyl groups is 1. The van der Waals surface area contributed by atoms with E-state index in [0.717, 1.165) is 23.7 Å². The van der Waals surface area contributed by atoms with E-state index < -0.39 is 0 Å². The van der Waals surface area contributed by atoms with Gasteiger partial charge >= 0.3 is 0 Å². The smallest absolute Gasteiger partial charge is 0.130 e. The first kappa shape index (κ1) is 14.1. The summed E-state index contributed by atoms with van der Waals surface area (Å²) in [5.41, 5.74) is 2.91. The largest absolute Gasteiger partial charge is 0.507 e. The van der Waals surface area contributed by atoms with Gasteiger partial charge in [-0.2, -0.15) is 0 Å². The molecule has 1 aromatic carbocycles. The van der Waals surface area contributed by atoms with E-state index in [9.17, 15) is 10.2 Å². The summed E-state index contributed by atoms with van der Waals surface area (Å²) in [6.45, 7) is 2.31. The molecule has 0 heterocycles. The van der Waals surface area contributed by atoms with Crippen LogP contribution < -0.4 is 0 Å². The molecular weight excluding hydrogens is 328 g/mol. The predicted octanol–water partition coefficient (Wildman–Crippen LogP) is 4.37. The SMILES string of the molecule is C[C@]12CC[C@H]3c4ccc(O)c(Br)c4CC[C@H]3[C@@H]1CC[C@@H]2O. The van der Waals surface area contributed by atoms with E-state index in [0.29, 0.717) is 23.5 Å². The van der Waals surface area contributed by atoms with E-state index in [1.807, 2.05) is 6.07 Å². The van der Waals surface area contributed by atoms with Gasteiger partial charge in [-0.15, -0.1) is 0 Å². The average Bonchev–Trinajstić information content (AvgIpc) is 2.78. The number of halogens is 1. The second kappa shape index (κ2) is 4.73. The zero-order valence-corrected chi connectivity index (χ0v) is 14.1. The summed E-state index contributed by atoms with van der Waals surface area (Å²) >= 11 is 3.57. The molecule has 0 bridgehead atoms. The number of benzene rings is 1. The van der Waals surface area contributed by atoms with Gasteiger partial charge < -0.3 is 10.2 Å². The van der Waals surface area contributed by atoms with Crippen LogP contribution in [0.1, 0.15) is 56.1 Å². The molecule has 21 heavy (non-hydrogen) atoms. The fraction of sp³-hybridized carbons (Fsp3) is 0.667. The number of aliphatic hydroxyl groups is 1. The molecule has 3 heteroatoms. The van der Waals surface area contributed by atoms with Crippen molar-refractivity contribution in [1.29, 1.82) is 0 Å². The summed E-state index contributed by atoms with van der Waals surface area (Å²) in [7, 11) is 0. The van der Waals surface area contributed by atoms with Crippen LogP contribution >= 0.6 is 15.9 Å². The van der Waals surface area contributed by atoms with Crippen molar-refractivity contribution in [2.75, 3.05) is 0 Å². The number of phenolic OH excluding ortho intramolecular Hbond substituents is 1. The average molecular weight is 351 g/mol. The minimum absolute atomic E-state index is 0.101. The minimum atomic E-state index is -0.101. The molecule has 0 radical (unpaired) electrons. The third-order valence-corrected chi connectivity index (χ3v) is 7.66.